The molecule has 0 radical (unpaired) electrons. The zero-order chi connectivity index (χ0) is 7.40. The molecule has 0 aromatic carbocycles. The monoisotopic (exact) mass is 138 g/mol. The van der Waals surface area contributed by atoms with Crippen LogP contribution in [0.25, 0.3) is 0 Å². The molecule has 1 rings (SSSR count). The molecule has 2 heteroatoms. The average molecular weight is 138 g/mol. The van der Waals surface area contributed by atoms with Crippen molar-refractivity contribution < 1.29 is 9.47 Å². The molecule has 2 atom stereocenters. The smallest absolute Gasteiger partial charge is 0.189 e. The third-order valence-corrected chi connectivity index (χ3v) is 1.20. The Kier molecular flexibility index (Phi) is 2.49. The molecule has 0 amide bonds. The van der Waals surface area contributed by atoms with Crippen molar-refractivity contribution in [2.45, 2.75) is 19.3 Å². The number of hydrogen-bond acceptors (Lipinski definition) is 2. The van der Waals surface area contributed by atoms with Gasteiger partial charge in [0.15, 0.2) is 6.29 Å². The quantitative estimate of drug-likeness (QED) is 0.329. The van der Waals surface area contributed by atoms with Crippen molar-refractivity contribution in [1.29, 1.82) is 0 Å². The summed E-state index contributed by atoms with van der Waals surface area (Å²) in [6, 6.07) is 0. The van der Waals surface area contributed by atoms with Crippen LogP contribution in [0.3, 0.4) is 0 Å². The first-order valence-electron chi connectivity index (χ1n) is 3.22. The minimum Gasteiger partial charge on any atom is -0.337 e. The summed E-state index contributed by atoms with van der Waals surface area (Å²) >= 11 is 0. The standard InChI is InChI=1S/C8H10O2/c1-3-5-7-8(10-7)9-6-4-2/h2-3,5,7-8H,6H2,1H3. The predicted molar refractivity (Wildman–Crippen MR) is 38.3 cm³/mol. The van der Waals surface area contributed by atoms with Crippen molar-refractivity contribution in [2.24, 2.45) is 0 Å². The fourth-order valence-corrected chi connectivity index (χ4v) is 0.700. The summed E-state index contributed by atoms with van der Waals surface area (Å²) in [5, 5.41) is 0. The molecular weight excluding hydrogens is 128 g/mol. The van der Waals surface area contributed by atoms with Crippen LogP contribution in [0.5, 0.6) is 0 Å². The molecule has 1 fully saturated rings. The Bertz CT molecular complexity index is 167. The normalized spacial score (nSPS) is 30.4. The number of rotatable bonds is 3. The fraction of sp³-hybridized carbons (Fsp3) is 0.500. The highest BCUT2D eigenvalue weighted by Crippen LogP contribution is 2.23. The zero-order valence-corrected chi connectivity index (χ0v) is 5.91. The number of allylic oxidation sites excluding steroid dienone is 1. The van der Waals surface area contributed by atoms with Crippen molar-refractivity contribution in [1.82, 2.24) is 0 Å². The Balaban J connectivity index is 2.09. The lowest BCUT2D eigenvalue weighted by molar-refractivity contribution is 0.0729. The summed E-state index contributed by atoms with van der Waals surface area (Å²) in [4.78, 5) is 0. The van der Waals surface area contributed by atoms with Crippen LogP contribution in [-0.4, -0.2) is 19.0 Å². The minimum absolute atomic E-state index is 0.0905. The highest BCUT2D eigenvalue weighted by Gasteiger charge is 2.37. The van der Waals surface area contributed by atoms with Crippen LogP contribution in [-0.2, 0) is 9.47 Å². The second-order valence-electron chi connectivity index (χ2n) is 2.01. The van der Waals surface area contributed by atoms with Crippen molar-refractivity contribution >= 4 is 0 Å². The summed E-state index contributed by atoms with van der Waals surface area (Å²) in [5.41, 5.74) is 0. The lowest BCUT2D eigenvalue weighted by Crippen LogP contribution is -1.97. The van der Waals surface area contributed by atoms with Crippen LogP contribution >= 0.6 is 0 Å². The molecule has 0 aromatic heterocycles. The number of ether oxygens (including phenoxy) is 2. The molecule has 10 heavy (non-hydrogen) atoms. The first kappa shape index (κ1) is 7.33. The molecule has 0 bridgehead atoms. The van der Waals surface area contributed by atoms with Crippen LogP contribution in [0, 0.1) is 12.3 Å². The number of hydrogen-bond donors (Lipinski definition) is 0. The maximum absolute atomic E-state index is 5.06. The summed E-state index contributed by atoms with van der Waals surface area (Å²) in [7, 11) is 0. The van der Waals surface area contributed by atoms with Gasteiger partial charge in [0.2, 0.25) is 0 Å². The van der Waals surface area contributed by atoms with Crippen LogP contribution < -0.4 is 0 Å². The van der Waals surface area contributed by atoms with Crippen LogP contribution in [0.2, 0.25) is 0 Å². The van der Waals surface area contributed by atoms with E-state index in [1.165, 1.54) is 0 Å². The largest absolute Gasteiger partial charge is 0.337 e. The van der Waals surface area contributed by atoms with Gasteiger partial charge in [-0.25, -0.2) is 0 Å². The maximum atomic E-state index is 5.06. The van der Waals surface area contributed by atoms with Gasteiger partial charge in [-0.05, 0) is 6.92 Å². The topological polar surface area (TPSA) is 21.8 Å². The van der Waals surface area contributed by atoms with Crippen molar-refractivity contribution in [3.05, 3.63) is 12.2 Å². The van der Waals surface area contributed by atoms with Crippen LogP contribution in [0.15, 0.2) is 12.2 Å². The van der Waals surface area contributed by atoms with Gasteiger partial charge in [-0.15, -0.1) is 6.42 Å². The van der Waals surface area contributed by atoms with E-state index in [4.69, 9.17) is 15.9 Å². The Morgan fingerprint density at radius 1 is 1.80 bits per heavy atom. The molecule has 0 saturated carbocycles. The average Bonchev–Trinajstić information content (AvgIpc) is 2.65. The molecule has 1 aliphatic rings. The molecule has 0 spiro atoms. The van der Waals surface area contributed by atoms with Gasteiger partial charge in [0.05, 0.1) is 0 Å². The zero-order valence-electron chi connectivity index (χ0n) is 5.91. The highest BCUT2D eigenvalue weighted by molar-refractivity contribution is 4.98. The summed E-state index contributed by atoms with van der Waals surface area (Å²) in [6.45, 7) is 2.28. The van der Waals surface area contributed by atoms with Crippen LogP contribution in [0.4, 0.5) is 0 Å². The predicted octanol–water partition coefficient (Wildman–Crippen LogP) is 0.937. The summed E-state index contributed by atoms with van der Waals surface area (Å²) < 4.78 is 10.1. The first-order valence-corrected chi connectivity index (χ1v) is 3.22. The molecule has 2 unspecified atom stereocenters. The third-order valence-electron chi connectivity index (χ3n) is 1.20. The van der Waals surface area contributed by atoms with E-state index in [2.05, 4.69) is 5.92 Å². The lowest BCUT2D eigenvalue weighted by atomic mass is 10.4. The highest BCUT2D eigenvalue weighted by atomic mass is 16.8. The van der Waals surface area contributed by atoms with Gasteiger partial charge >= 0.3 is 0 Å². The third kappa shape index (κ3) is 1.87. The van der Waals surface area contributed by atoms with Crippen molar-refractivity contribution in [2.75, 3.05) is 6.61 Å². The SMILES string of the molecule is C#CCOC1OC1C=CC. The van der Waals surface area contributed by atoms with E-state index >= 15 is 0 Å². The van der Waals surface area contributed by atoms with Gasteiger partial charge in [0, 0.05) is 0 Å². The Labute approximate surface area is 60.8 Å². The Morgan fingerprint density at radius 2 is 2.60 bits per heavy atom. The van der Waals surface area contributed by atoms with E-state index in [0.717, 1.165) is 0 Å². The van der Waals surface area contributed by atoms with Gasteiger partial charge in [-0.3, -0.25) is 0 Å². The maximum Gasteiger partial charge on any atom is 0.189 e. The minimum atomic E-state index is -0.0905. The van der Waals surface area contributed by atoms with E-state index in [-0.39, 0.29) is 12.4 Å². The molecule has 1 saturated heterocycles. The number of epoxide rings is 1. The van der Waals surface area contributed by atoms with E-state index in [9.17, 15) is 0 Å². The van der Waals surface area contributed by atoms with E-state index in [1.807, 2.05) is 19.1 Å². The Hall–Kier alpha value is -0.780. The second kappa shape index (κ2) is 3.40. The van der Waals surface area contributed by atoms with Gasteiger partial charge in [-0.1, -0.05) is 18.1 Å². The summed E-state index contributed by atoms with van der Waals surface area (Å²) in [6.07, 6.45) is 8.90. The molecular formula is C8H10O2. The van der Waals surface area contributed by atoms with Crippen molar-refractivity contribution in [3.8, 4) is 12.3 Å². The van der Waals surface area contributed by atoms with E-state index in [0.29, 0.717) is 6.61 Å². The molecule has 0 N–H and O–H groups in total. The van der Waals surface area contributed by atoms with Gasteiger partial charge in [0.25, 0.3) is 0 Å². The molecule has 0 aromatic rings. The van der Waals surface area contributed by atoms with Gasteiger partial charge in [-0.2, -0.15) is 0 Å². The molecule has 1 heterocycles. The Morgan fingerprint density at radius 3 is 3.20 bits per heavy atom. The van der Waals surface area contributed by atoms with Gasteiger partial charge < -0.3 is 9.47 Å². The fourth-order valence-electron chi connectivity index (χ4n) is 0.700. The summed E-state index contributed by atoms with van der Waals surface area (Å²) in [5.74, 6) is 2.38. The molecule has 1 aliphatic heterocycles. The van der Waals surface area contributed by atoms with Crippen molar-refractivity contribution in [3.63, 3.8) is 0 Å². The first-order chi connectivity index (χ1) is 4.88. The lowest BCUT2D eigenvalue weighted by Gasteiger charge is -1.88. The molecule has 54 valence electrons. The van der Waals surface area contributed by atoms with E-state index < -0.39 is 0 Å². The molecule has 2 nitrogen and oxygen atoms in total. The number of terminal acetylenes is 1. The molecule has 0 aliphatic carbocycles. The van der Waals surface area contributed by atoms with Gasteiger partial charge in [0.1, 0.15) is 12.7 Å². The van der Waals surface area contributed by atoms with Crippen LogP contribution in [0.1, 0.15) is 6.92 Å². The second-order valence-corrected chi connectivity index (χ2v) is 2.01. The van der Waals surface area contributed by atoms with E-state index in [1.54, 1.807) is 0 Å².